The SMILES string of the molecule is Cc1ccc(Cn2c(S[C@@H](C)C(=O)N3[C@H](C)CCC[C@@H]3C)nc3ccccc3c2=O)cc1. The van der Waals surface area contributed by atoms with Crippen molar-refractivity contribution in [3.8, 4) is 0 Å². The van der Waals surface area contributed by atoms with Crippen LogP contribution >= 0.6 is 11.8 Å². The lowest BCUT2D eigenvalue weighted by atomic mass is 9.97. The van der Waals surface area contributed by atoms with Crippen molar-refractivity contribution in [1.82, 2.24) is 14.5 Å². The molecule has 3 atom stereocenters. The molecule has 1 saturated heterocycles. The number of carbonyl (C=O) groups is 1. The van der Waals surface area contributed by atoms with Gasteiger partial charge < -0.3 is 4.90 Å². The van der Waals surface area contributed by atoms with E-state index in [2.05, 4.69) is 13.8 Å². The van der Waals surface area contributed by atoms with Gasteiger partial charge in [-0.05, 0) is 64.7 Å². The fourth-order valence-electron chi connectivity index (χ4n) is 4.53. The summed E-state index contributed by atoms with van der Waals surface area (Å²) >= 11 is 1.39. The van der Waals surface area contributed by atoms with Crippen molar-refractivity contribution in [2.75, 3.05) is 0 Å². The number of likely N-dealkylation sites (tertiary alicyclic amines) is 1. The van der Waals surface area contributed by atoms with E-state index in [1.165, 1.54) is 17.3 Å². The molecule has 5 nitrogen and oxygen atoms in total. The van der Waals surface area contributed by atoms with Gasteiger partial charge >= 0.3 is 0 Å². The predicted octanol–water partition coefficient (Wildman–Crippen LogP) is 5.02. The molecule has 0 unspecified atom stereocenters. The Morgan fingerprint density at radius 3 is 2.44 bits per heavy atom. The fraction of sp³-hybridized carbons (Fsp3) is 0.423. The van der Waals surface area contributed by atoms with Gasteiger partial charge in [0, 0.05) is 12.1 Å². The molecule has 0 spiro atoms. The molecule has 168 valence electrons. The molecular formula is C26H31N3O2S. The van der Waals surface area contributed by atoms with E-state index in [-0.39, 0.29) is 28.8 Å². The van der Waals surface area contributed by atoms with Gasteiger partial charge in [0.2, 0.25) is 5.91 Å². The molecule has 1 aliphatic heterocycles. The molecule has 1 aliphatic rings. The summed E-state index contributed by atoms with van der Waals surface area (Å²) in [6, 6.07) is 16.1. The first-order valence-electron chi connectivity index (χ1n) is 11.4. The van der Waals surface area contributed by atoms with Gasteiger partial charge in [0.25, 0.3) is 5.56 Å². The zero-order valence-corrected chi connectivity index (χ0v) is 20.1. The number of para-hydroxylation sites is 1. The van der Waals surface area contributed by atoms with Gasteiger partial charge in [-0.2, -0.15) is 0 Å². The minimum Gasteiger partial charge on any atom is -0.336 e. The molecule has 0 N–H and O–H groups in total. The molecule has 4 rings (SSSR count). The van der Waals surface area contributed by atoms with Crippen LogP contribution in [0.15, 0.2) is 58.5 Å². The van der Waals surface area contributed by atoms with Gasteiger partial charge in [0.15, 0.2) is 5.16 Å². The summed E-state index contributed by atoms with van der Waals surface area (Å²) < 4.78 is 1.71. The van der Waals surface area contributed by atoms with Crippen molar-refractivity contribution >= 4 is 28.6 Å². The minimum atomic E-state index is -0.324. The average molecular weight is 450 g/mol. The molecule has 0 saturated carbocycles. The van der Waals surface area contributed by atoms with Crippen LogP contribution in [0.4, 0.5) is 0 Å². The lowest BCUT2D eigenvalue weighted by molar-refractivity contribution is -0.136. The summed E-state index contributed by atoms with van der Waals surface area (Å²) in [7, 11) is 0. The monoisotopic (exact) mass is 449 g/mol. The van der Waals surface area contributed by atoms with Crippen LogP contribution in [0.25, 0.3) is 10.9 Å². The molecule has 1 amide bonds. The number of hydrogen-bond donors (Lipinski definition) is 0. The number of thioether (sulfide) groups is 1. The van der Waals surface area contributed by atoms with Crippen molar-refractivity contribution in [3.63, 3.8) is 0 Å². The molecule has 2 aromatic carbocycles. The predicted molar refractivity (Wildman–Crippen MR) is 131 cm³/mol. The molecule has 6 heteroatoms. The number of piperidine rings is 1. The molecule has 0 bridgehead atoms. The third kappa shape index (κ3) is 4.60. The number of benzene rings is 2. The minimum absolute atomic E-state index is 0.0713. The second kappa shape index (κ2) is 9.49. The Morgan fingerprint density at radius 1 is 1.09 bits per heavy atom. The van der Waals surface area contributed by atoms with Crippen LogP contribution in [-0.2, 0) is 11.3 Å². The van der Waals surface area contributed by atoms with Gasteiger partial charge in [0.05, 0.1) is 22.7 Å². The molecule has 2 heterocycles. The lowest BCUT2D eigenvalue weighted by Gasteiger charge is -2.40. The van der Waals surface area contributed by atoms with Gasteiger partial charge in [-0.1, -0.05) is 53.7 Å². The summed E-state index contributed by atoms with van der Waals surface area (Å²) in [5, 5.41) is 0.865. The van der Waals surface area contributed by atoms with Crippen molar-refractivity contribution in [3.05, 3.63) is 70.0 Å². The maximum Gasteiger partial charge on any atom is 0.262 e. The van der Waals surface area contributed by atoms with Crippen LogP contribution in [0.5, 0.6) is 0 Å². The normalized spacial score (nSPS) is 19.8. The van der Waals surface area contributed by atoms with Gasteiger partial charge in [-0.15, -0.1) is 0 Å². The van der Waals surface area contributed by atoms with E-state index in [0.717, 1.165) is 24.8 Å². The molecule has 32 heavy (non-hydrogen) atoms. The van der Waals surface area contributed by atoms with Crippen LogP contribution in [0.1, 0.15) is 51.2 Å². The van der Waals surface area contributed by atoms with Gasteiger partial charge in [-0.25, -0.2) is 4.98 Å². The first-order valence-corrected chi connectivity index (χ1v) is 12.3. The van der Waals surface area contributed by atoms with Crippen LogP contribution in [0, 0.1) is 6.92 Å². The van der Waals surface area contributed by atoms with E-state index in [0.29, 0.717) is 22.6 Å². The number of fused-ring (bicyclic) bond motifs is 1. The first-order chi connectivity index (χ1) is 15.3. The van der Waals surface area contributed by atoms with E-state index in [1.54, 1.807) is 4.57 Å². The lowest BCUT2D eigenvalue weighted by Crippen LogP contribution is -2.50. The summed E-state index contributed by atoms with van der Waals surface area (Å²) in [5.41, 5.74) is 2.81. The number of aryl methyl sites for hydroxylation is 1. The standard InChI is InChI=1S/C26H31N3O2S/c1-17-12-14-21(15-13-17)16-28-25(31)22-10-5-6-11-23(22)27-26(28)32-20(4)24(30)29-18(2)8-7-9-19(29)3/h5-6,10-15,18-20H,7-9,16H2,1-4H3/t18-,19+,20-/m0/s1. The highest BCUT2D eigenvalue weighted by Gasteiger charge is 2.32. The van der Waals surface area contributed by atoms with Crippen LogP contribution in [-0.4, -0.2) is 37.7 Å². The number of carbonyl (C=O) groups excluding carboxylic acids is 1. The molecular weight excluding hydrogens is 418 g/mol. The Labute approximate surface area is 193 Å². The topological polar surface area (TPSA) is 55.2 Å². The Balaban J connectivity index is 1.69. The number of amides is 1. The van der Waals surface area contributed by atoms with Crippen LogP contribution < -0.4 is 5.56 Å². The van der Waals surface area contributed by atoms with E-state index in [4.69, 9.17) is 4.98 Å². The summed E-state index contributed by atoms with van der Waals surface area (Å²) in [6.45, 7) is 8.67. The molecule has 3 aromatic rings. The molecule has 0 aliphatic carbocycles. The third-order valence-corrected chi connectivity index (χ3v) is 7.44. The number of nitrogens with zero attached hydrogens (tertiary/aromatic N) is 3. The van der Waals surface area contributed by atoms with Gasteiger partial charge in [-0.3, -0.25) is 14.2 Å². The first kappa shape index (κ1) is 22.6. The number of rotatable bonds is 5. The second-order valence-corrected chi connectivity index (χ2v) is 10.2. The maximum atomic E-state index is 13.4. The quantitative estimate of drug-likeness (QED) is 0.405. The van der Waals surface area contributed by atoms with E-state index in [9.17, 15) is 9.59 Å². The van der Waals surface area contributed by atoms with Crippen LogP contribution in [0.3, 0.4) is 0 Å². The van der Waals surface area contributed by atoms with Crippen molar-refractivity contribution in [2.24, 2.45) is 0 Å². The summed E-state index contributed by atoms with van der Waals surface area (Å²) in [4.78, 5) is 33.6. The summed E-state index contributed by atoms with van der Waals surface area (Å²) in [5.74, 6) is 0.124. The van der Waals surface area contributed by atoms with E-state index < -0.39 is 0 Å². The maximum absolute atomic E-state index is 13.4. The fourth-order valence-corrected chi connectivity index (χ4v) is 5.49. The largest absolute Gasteiger partial charge is 0.336 e. The Morgan fingerprint density at radius 2 is 1.75 bits per heavy atom. The third-order valence-electron chi connectivity index (χ3n) is 6.37. The van der Waals surface area contributed by atoms with Crippen molar-refractivity contribution < 1.29 is 4.79 Å². The Bertz CT molecular complexity index is 1160. The van der Waals surface area contributed by atoms with Crippen molar-refractivity contribution in [2.45, 2.75) is 76.0 Å². The smallest absolute Gasteiger partial charge is 0.262 e. The zero-order chi connectivity index (χ0) is 22.8. The highest BCUT2D eigenvalue weighted by atomic mass is 32.2. The van der Waals surface area contributed by atoms with Crippen LogP contribution in [0.2, 0.25) is 0 Å². The average Bonchev–Trinajstić information content (AvgIpc) is 2.77. The number of aromatic nitrogens is 2. The van der Waals surface area contributed by atoms with Crippen molar-refractivity contribution in [1.29, 1.82) is 0 Å². The summed E-state index contributed by atoms with van der Waals surface area (Å²) in [6.07, 6.45) is 3.25. The Hall–Kier alpha value is -2.60. The molecule has 1 fully saturated rings. The Kier molecular flexibility index (Phi) is 6.70. The molecule has 0 radical (unpaired) electrons. The van der Waals surface area contributed by atoms with Gasteiger partial charge in [0.1, 0.15) is 0 Å². The highest BCUT2D eigenvalue weighted by molar-refractivity contribution is 8.00. The molecule has 1 aromatic heterocycles. The number of hydrogen-bond acceptors (Lipinski definition) is 4. The zero-order valence-electron chi connectivity index (χ0n) is 19.2. The highest BCUT2D eigenvalue weighted by Crippen LogP contribution is 2.29. The van der Waals surface area contributed by atoms with E-state index in [1.807, 2.05) is 67.3 Å². The second-order valence-electron chi connectivity index (χ2n) is 8.92. The van der Waals surface area contributed by atoms with E-state index >= 15 is 0 Å².